The van der Waals surface area contributed by atoms with E-state index in [1.54, 1.807) is 12.1 Å². The Bertz CT molecular complexity index is 1850. The first-order valence-corrected chi connectivity index (χ1v) is 18.3. The van der Waals surface area contributed by atoms with Gasteiger partial charge in [0.15, 0.2) is 11.5 Å². The molecule has 2 amide bonds. The fourth-order valence-corrected chi connectivity index (χ4v) is 7.68. The molecule has 1 atom stereocenters. The standard InChI is InChI=1S/C38H41ClFN3O6S/c1-48-35-22-21-33(24-36(35)49-2)50(46,47)43(32-19-15-29(39)16-20-32)26-37(44)42(25-28-13-17-30(40)18-14-28)34(23-27-9-5-3-6-10-27)38(45)41-31-11-7-4-8-12-31/h3,5-6,9-10,13-22,24,31,34H,4,7-8,11-12,23,25-26H2,1-2H3,(H,41,45)/t34-/m1/s1. The lowest BCUT2D eigenvalue weighted by atomic mass is 9.94. The molecule has 1 saturated carbocycles. The molecule has 0 bridgehead atoms. The van der Waals surface area contributed by atoms with Crippen LogP contribution in [0.2, 0.25) is 5.02 Å². The van der Waals surface area contributed by atoms with Gasteiger partial charge in [0, 0.05) is 30.1 Å². The van der Waals surface area contributed by atoms with Crippen molar-refractivity contribution in [3.05, 3.63) is 119 Å². The number of carbonyl (C=O) groups is 2. The third kappa shape index (κ3) is 9.13. The normalized spacial score (nSPS) is 14.0. The van der Waals surface area contributed by atoms with Gasteiger partial charge in [-0.3, -0.25) is 13.9 Å². The van der Waals surface area contributed by atoms with Crippen LogP contribution in [-0.4, -0.2) is 58.0 Å². The summed E-state index contributed by atoms with van der Waals surface area (Å²) in [5, 5.41) is 3.55. The van der Waals surface area contributed by atoms with Gasteiger partial charge in [0.2, 0.25) is 11.8 Å². The van der Waals surface area contributed by atoms with Crippen molar-refractivity contribution >= 4 is 39.1 Å². The van der Waals surface area contributed by atoms with Crippen LogP contribution in [0.15, 0.2) is 102 Å². The van der Waals surface area contributed by atoms with Crippen molar-refractivity contribution in [2.24, 2.45) is 0 Å². The largest absolute Gasteiger partial charge is 0.493 e. The smallest absolute Gasteiger partial charge is 0.264 e. The monoisotopic (exact) mass is 721 g/mol. The molecule has 0 unspecified atom stereocenters. The molecule has 0 aliphatic heterocycles. The molecule has 1 N–H and O–H groups in total. The molecule has 12 heteroatoms. The van der Waals surface area contributed by atoms with E-state index in [-0.39, 0.29) is 41.2 Å². The molecule has 1 fully saturated rings. The Balaban J connectivity index is 1.57. The number of ether oxygens (including phenoxy) is 2. The molecule has 9 nitrogen and oxygen atoms in total. The zero-order chi connectivity index (χ0) is 35.7. The molecule has 50 heavy (non-hydrogen) atoms. The average Bonchev–Trinajstić information content (AvgIpc) is 3.13. The van der Waals surface area contributed by atoms with Crippen molar-refractivity contribution in [1.29, 1.82) is 0 Å². The van der Waals surface area contributed by atoms with Gasteiger partial charge >= 0.3 is 0 Å². The fraction of sp³-hybridized carbons (Fsp3) is 0.316. The van der Waals surface area contributed by atoms with Gasteiger partial charge in [0.05, 0.1) is 24.8 Å². The SMILES string of the molecule is COc1ccc(S(=O)(=O)N(CC(=O)N(Cc2ccc(F)cc2)[C@H](Cc2ccccc2)C(=O)NC2CCCCC2)c2ccc(Cl)cc2)cc1OC. The van der Waals surface area contributed by atoms with E-state index >= 15 is 0 Å². The summed E-state index contributed by atoms with van der Waals surface area (Å²) in [6, 6.07) is 24.2. The zero-order valence-corrected chi connectivity index (χ0v) is 29.6. The van der Waals surface area contributed by atoms with E-state index in [4.69, 9.17) is 21.1 Å². The van der Waals surface area contributed by atoms with Crippen molar-refractivity contribution in [3.8, 4) is 11.5 Å². The van der Waals surface area contributed by atoms with Crippen LogP contribution in [-0.2, 0) is 32.6 Å². The van der Waals surface area contributed by atoms with Crippen LogP contribution < -0.4 is 19.1 Å². The Hall–Kier alpha value is -4.61. The fourth-order valence-electron chi connectivity index (χ4n) is 6.13. The van der Waals surface area contributed by atoms with Gasteiger partial charge in [-0.2, -0.15) is 0 Å². The molecular weight excluding hydrogens is 681 g/mol. The van der Waals surface area contributed by atoms with E-state index in [0.29, 0.717) is 16.3 Å². The van der Waals surface area contributed by atoms with Crippen molar-refractivity contribution < 1.29 is 31.9 Å². The number of carbonyl (C=O) groups excluding carboxylic acids is 2. The lowest BCUT2D eigenvalue weighted by molar-refractivity contribution is -0.140. The van der Waals surface area contributed by atoms with Gasteiger partial charge in [-0.15, -0.1) is 0 Å². The molecule has 0 spiro atoms. The van der Waals surface area contributed by atoms with Gasteiger partial charge in [-0.05, 0) is 72.5 Å². The van der Waals surface area contributed by atoms with Crippen LogP contribution in [0.3, 0.4) is 0 Å². The van der Waals surface area contributed by atoms with Gasteiger partial charge in [0.1, 0.15) is 18.4 Å². The molecule has 0 aromatic heterocycles. The summed E-state index contributed by atoms with van der Waals surface area (Å²) in [6.45, 7) is -0.721. The molecule has 0 radical (unpaired) electrons. The molecule has 1 aliphatic carbocycles. The highest BCUT2D eigenvalue weighted by atomic mass is 35.5. The molecule has 0 heterocycles. The van der Waals surface area contributed by atoms with E-state index in [9.17, 15) is 22.4 Å². The Labute approximate surface area is 298 Å². The molecule has 264 valence electrons. The lowest BCUT2D eigenvalue weighted by Gasteiger charge is -2.35. The van der Waals surface area contributed by atoms with Crippen LogP contribution in [0.1, 0.15) is 43.2 Å². The predicted octanol–water partition coefficient (Wildman–Crippen LogP) is 6.78. The molecular formula is C38H41ClFN3O6S. The van der Waals surface area contributed by atoms with Crippen molar-refractivity contribution in [3.63, 3.8) is 0 Å². The maximum absolute atomic E-state index is 14.7. The third-order valence-corrected chi connectivity index (χ3v) is 10.8. The average molecular weight is 722 g/mol. The van der Waals surface area contributed by atoms with E-state index in [1.807, 2.05) is 30.3 Å². The highest BCUT2D eigenvalue weighted by Crippen LogP contribution is 2.33. The number of methoxy groups -OCH3 is 2. The summed E-state index contributed by atoms with van der Waals surface area (Å²) in [4.78, 5) is 30.2. The first-order valence-electron chi connectivity index (χ1n) is 16.5. The number of sulfonamides is 1. The van der Waals surface area contributed by atoms with Gasteiger partial charge in [0.25, 0.3) is 10.0 Å². The minimum absolute atomic E-state index is 0.0340. The van der Waals surface area contributed by atoms with E-state index < -0.39 is 34.3 Å². The van der Waals surface area contributed by atoms with Gasteiger partial charge < -0.3 is 19.7 Å². The summed E-state index contributed by atoms with van der Waals surface area (Å²) >= 11 is 6.17. The molecule has 5 rings (SSSR count). The highest BCUT2D eigenvalue weighted by molar-refractivity contribution is 7.92. The maximum atomic E-state index is 14.7. The second kappa shape index (κ2) is 16.9. The third-order valence-electron chi connectivity index (χ3n) is 8.83. The van der Waals surface area contributed by atoms with E-state index in [0.717, 1.165) is 42.0 Å². The highest BCUT2D eigenvalue weighted by Gasteiger charge is 2.35. The molecule has 4 aromatic carbocycles. The topological polar surface area (TPSA) is 105 Å². The summed E-state index contributed by atoms with van der Waals surface area (Å²) in [7, 11) is -1.56. The Morgan fingerprint density at radius 2 is 1.52 bits per heavy atom. The van der Waals surface area contributed by atoms with Crippen LogP contribution in [0.4, 0.5) is 10.1 Å². The number of benzene rings is 4. The zero-order valence-electron chi connectivity index (χ0n) is 28.1. The lowest BCUT2D eigenvalue weighted by Crippen LogP contribution is -2.55. The van der Waals surface area contributed by atoms with E-state index in [2.05, 4.69) is 5.32 Å². The second-order valence-corrected chi connectivity index (χ2v) is 14.5. The Morgan fingerprint density at radius 3 is 2.16 bits per heavy atom. The van der Waals surface area contributed by atoms with Crippen molar-refractivity contribution in [2.45, 2.75) is 62.0 Å². The maximum Gasteiger partial charge on any atom is 0.264 e. The number of rotatable bonds is 14. The van der Waals surface area contributed by atoms with Crippen LogP contribution in [0.25, 0.3) is 0 Å². The molecule has 4 aromatic rings. The number of halogens is 2. The van der Waals surface area contributed by atoms with Crippen LogP contribution in [0, 0.1) is 5.82 Å². The summed E-state index contributed by atoms with van der Waals surface area (Å²) in [5.74, 6) is -0.891. The van der Waals surface area contributed by atoms with E-state index in [1.165, 1.54) is 73.7 Å². The van der Waals surface area contributed by atoms with Crippen molar-refractivity contribution in [2.75, 3.05) is 25.1 Å². The first-order chi connectivity index (χ1) is 24.1. The second-order valence-electron chi connectivity index (χ2n) is 12.2. The number of nitrogens with one attached hydrogen (secondary N) is 1. The van der Waals surface area contributed by atoms with Crippen LogP contribution in [0.5, 0.6) is 11.5 Å². The van der Waals surface area contributed by atoms with Gasteiger partial charge in [-0.1, -0.05) is 73.3 Å². The Kier molecular flexibility index (Phi) is 12.4. The van der Waals surface area contributed by atoms with Crippen LogP contribution >= 0.6 is 11.6 Å². The minimum atomic E-state index is -4.40. The number of anilines is 1. The quantitative estimate of drug-likeness (QED) is 0.154. The predicted molar refractivity (Wildman–Crippen MR) is 191 cm³/mol. The minimum Gasteiger partial charge on any atom is -0.493 e. The van der Waals surface area contributed by atoms with Crippen molar-refractivity contribution in [1.82, 2.24) is 10.2 Å². The number of hydrogen-bond donors (Lipinski definition) is 1. The molecule has 0 saturated heterocycles. The number of amides is 2. The Morgan fingerprint density at radius 1 is 0.860 bits per heavy atom. The summed E-state index contributed by atoms with van der Waals surface area (Å²) in [6.07, 6.45) is 4.94. The number of hydrogen-bond acceptors (Lipinski definition) is 6. The summed E-state index contributed by atoms with van der Waals surface area (Å²) in [5.41, 5.74) is 1.58. The van der Waals surface area contributed by atoms with Gasteiger partial charge in [-0.25, -0.2) is 12.8 Å². The molecule has 1 aliphatic rings. The summed E-state index contributed by atoms with van der Waals surface area (Å²) < 4.78 is 54.4. The number of nitrogens with zero attached hydrogens (tertiary/aromatic N) is 2. The first kappa shape index (κ1) is 36.7.